The van der Waals surface area contributed by atoms with Crippen molar-refractivity contribution in [3.05, 3.63) is 10.4 Å². The molecule has 0 aromatic rings. The fourth-order valence-electron chi connectivity index (χ4n) is 0.687. The van der Waals surface area contributed by atoms with Crippen LogP contribution in [0.3, 0.4) is 0 Å². The maximum atomic E-state index is 10.2. The Balaban J connectivity index is 3.10. The molecule has 16 heavy (non-hydrogen) atoms. The predicted molar refractivity (Wildman–Crippen MR) is 53.6 cm³/mol. The maximum absolute atomic E-state index is 10.2. The summed E-state index contributed by atoms with van der Waals surface area (Å²) in [4.78, 5) is 19.2. The van der Waals surface area contributed by atoms with Gasteiger partial charge in [0.15, 0.2) is 0 Å². The first kappa shape index (κ1) is 15.3. The van der Waals surface area contributed by atoms with Gasteiger partial charge in [-0.15, -0.1) is 0 Å². The molecule has 0 aliphatic carbocycles. The Morgan fingerprint density at radius 3 is 2.25 bits per heavy atom. The highest BCUT2D eigenvalue weighted by atomic mass is 31.2. The van der Waals surface area contributed by atoms with Crippen molar-refractivity contribution < 1.29 is 28.3 Å². The van der Waals surface area contributed by atoms with E-state index < -0.39 is 7.82 Å². The average molecular weight is 255 g/mol. The molecule has 0 fully saturated rings. The van der Waals surface area contributed by atoms with Crippen molar-refractivity contribution >= 4 is 7.82 Å². The van der Waals surface area contributed by atoms with E-state index >= 15 is 0 Å². The Hall–Kier alpha value is -0.660. The minimum absolute atomic E-state index is 0.0742. The largest absolute Gasteiger partial charge is 0.469 e. The van der Waals surface area contributed by atoms with E-state index in [1.807, 2.05) is 0 Å². The van der Waals surface area contributed by atoms with Crippen molar-refractivity contribution in [2.45, 2.75) is 0 Å². The van der Waals surface area contributed by atoms with Gasteiger partial charge in [0.25, 0.3) is 0 Å². The SMILES string of the molecule is [N-]=[N+]=NCCOCCOCCOP(=O)(O)O. The summed E-state index contributed by atoms with van der Waals surface area (Å²) in [6.07, 6.45) is 0. The van der Waals surface area contributed by atoms with Gasteiger partial charge in [-0.05, 0) is 5.53 Å². The molecule has 0 aromatic heterocycles. The number of azide groups is 1. The summed E-state index contributed by atoms with van der Waals surface area (Å²) < 4.78 is 24.3. The normalized spacial score (nSPS) is 11.1. The van der Waals surface area contributed by atoms with E-state index in [1.54, 1.807) is 0 Å². The second-order valence-electron chi connectivity index (χ2n) is 2.50. The molecule has 0 unspecified atom stereocenters. The second-order valence-corrected chi connectivity index (χ2v) is 3.74. The molecule has 94 valence electrons. The van der Waals surface area contributed by atoms with E-state index in [0.29, 0.717) is 13.2 Å². The fourth-order valence-corrected chi connectivity index (χ4v) is 1.000. The molecule has 0 spiro atoms. The lowest BCUT2D eigenvalue weighted by molar-refractivity contribution is 0.0344. The van der Waals surface area contributed by atoms with Gasteiger partial charge < -0.3 is 19.3 Å². The predicted octanol–water partition coefficient (Wildman–Crippen LogP) is 0.439. The van der Waals surface area contributed by atoms with Crippen LogP contribution in [0.15, 0.2) is 5.11 Å². The summed E-state index contributed by atoms with van der Waals surface area (Å²) in [6.45, 7) is 1.07. The van der Waals surface area contributed by atoms with E-state index in [2.05, 4.69) is 14.5 Å². The van der Waals surface area contributed by atoms with Gasteiger partial charge in [0.05, 0.1) is 33.0 Å². The van der Waals surface area contributed by atoms with Gasteiger partial charge in [-0.2, -0.15) is 0 Å². The number of phosphoric ester groups is 1. The Labute approximate surface area is 92.2 Å². The lowest BCUT2D eigenvalue weighted by atomic mass is 10.7. The van der Waals surface area contributed by atoms with Crippen molar-refractivity contribution in [3.8, 4) is 0 Å². The minimum Gasteiger partial charge on any atom is -0.379 e. The van der Waals surface area contributed by atoms with E-state index in [4.69, 9.17) is 24.8 Å². The van der Waals surface area contributed by atoms with E-state index in [1.165, 1.54) is 0 Å². The van der Waals surface area contributed by atoms with Gasteiger partial charge in [-0.1, -0.05) is 5.11 Å². The molecule has 0 bridgehead atoms. The number of rotatable bonds is 10. The Kier molecular flexibility index (Phi) is 9.16. The maximum Gasteiger partial charge on any atom is 0.469 e. The van der Waals surface area contributed by atoms with Crippen molar-refractivity contribution in [2.24, 2.45) is 5.11 Å². The van der Waals surface area contributed by atoms with Gasteiger partial charge in [0.1, 0.15) is 0 Å². The summed E-state index contributed by atoms with van der Waals surface area (Å²) in [5.74, 6) is 0. The van der Waals surface area contributed by atoms with Gasteiger partial charge in [-0.25, -0.2) is 4.57 Å². The van der Waals surface area contributed by atoms with Crippen LogP contribution in [0.25, 0.3) is 10.4 Å². The topological polar surface area (TPSA) is 134 Å². The van der Waals surface area contributed by atoms with Crippen LogP contribution in [0.4, 0.5) is 0 Å². The van der Waals surface area contributed by atoms with Crippen LogP contribution in [-0.2, 0) is 18.6 Å². The molecule has 0 rings (SSSR count). The number of hydrogen-bond donors (Lipinski definition) is 2. The van der Waals surface area contributed by atoms with Crippen LogP contribution >= 0.6 is 7.82 Å². The molecular weight excluding hydrogens is 241 g/mol. The number of phosphoric acid groups is 1. The van der Waals surface area contributed by atoms with E-state index in [0.717, 1.165) is 0 Å². The quantitative estimate of drug-likeness (QED) is 0.191. The first-order chi connectivity index (χ1) is 7.56. The molecule has 2 N–H and O–H groups in total. The molecule has 0 heterocycles. The molecule has 0 aromatic carbocycles. The first-order valence-corrected chi connectivity index (χ1v) is 5.96. The Morgan fingerprint density at radius 2 is 1.69 bits per heavy atom. The molecule has 0 saturated heterocycles. The molecule has 0 aliphatic heterocycles. The zero-order chi connectivity index (χ0) is 12.3. The number of ether oxygens (including phenoxy) is 2. The van der Waals surface area contributed by atoms with Crippen LogP contribution in [-0.4, -0.2) is 49.4 Å². The second kappa shape index (κ2) is 9.56. The molecule has 0 saturated carbocycles. The third-order valence-electron chi connectivity index (χ3n) is 1.26. The lowest BCUT2D eigenvalue weighted by Gasteiger charge is -2.06. The molecule has 0 radical (unpaired) electrons. The molecular formula is C6H14N3O6P. The van der Waals surface area contributed by atoms with Gasteiger partial charge >= 0.3 is 7.82 Å². The number of nitrogens with zero attached hydrogens (tertiary/aromatic N) is 3. The Bertz CT molecular complexity index is 263. The lowest BCUT2D eigenvalue weighted by Crippen LogP contribution is -2.09. The standard InChI is InChI=1S/C6H14N3O6P/c7-9-8-1-2-13-3-4-14-5-6-15-16(10,11)12/h1-6H2,(H2,10,11,12). The van der Waals surface area contributed by atoms with Crippen molar-refractivity contribution in [1.82, 2.24) is 0 Å². The van der Waals surface area contributed by atoms with Gasteiger partial charge in [0.2, 0.25) is 0 Å². The molecule has 0 amide bonds. The zero-order valence-corrected chi connectivity index (χ0v) is 9.45. The first-order valence-electron chi connectivity index (χ1n) is 4.42. The van der Waals surface area contributed by atoms with E-state index in [-0.39, 0.29) is 26.4 Å². The van der Waals surface area contributed by atoms with Gasteiger partial charge in [0, 0.05) is 11.5 Å². The summed E-state index contributed by atoms with van der Waals surface area (Å²) >= 11 is 0. The third-order valence-corrected chi connectivity index (χ3v) is 1.78. The van der Waals surface area contributed by atoms with Gasteiger partial charge in [-0.3, -0.25) is 4.52 Å². The fraction of sp³-hybridized carbons (Fsp3) is 1.00. The van der Waals surface area contributed by atoms with Crippen LogP contribution < -0.4 is 0 Å². The monoisotopic (exact) mass is 255 g/mol. The Morgan fingerprint density at radius 1 is 1.12 bits per heavy atom. The van der Waals surface area contributed by atoms with Crippen LogP contribution in [0.5, 0.6) is 0 Å². The van der Waals surface area contributed by atoms with Crippen molar-refractivity contribution in [2.75, 3.05) is 39.6 Å². The van der Waals surface area contributed by atoms with E-state index in [9.17, 15) is 4.57 Å². The smallest absolute Gasteiger partial charge is 0.379 e. The molecule has 0 atom stereocenters. The highest BCUT2D eigenvalue weighted by molar-refractivity contribution is 7.46. The van der Waals surface area contributed by atoms with Crippen LogP contribution in [0, 0.1) is 0 Å². The molecule has 10 heteroatoms. The van der Waals surface area contributed by atoms with Crippen LogP contribution in [0.2, 0.25) is 0 Å². The highest BCUT2D eigenvalue weighted by Crippen LogP contribution is 2.35. The third kappa shape index (κ3) is 13.3. The van der Waals surface area contributed by atoms with Crippen molar-refractivity contribution in [1.29, 1.82) is 0 Å². The molecule has 0 aliphatic rings. The van der Waals surface area contributed by atoms with Crippen LogP contribution in [0.1, 0.15) is 0 Å². The van der Waals surface area contributed by atoms with Crippen molar-refractivity contribution in [3.63, 3.8) is 0 Å². The summed E-state index contributed by atoms with van der Waals surface area (Å²) in [7, 11) is -4.40. The zero-order valence-electron chi connectivity index (χ0n) is 8.56. The molecule has 9 nitrogen and oxygen atoms in total. The number of hydrogen-bond acceptors (Lipinski definition) is 5. The highest BCUT2D eigenvalue weighted by Gasteiger charge is 2.12. The summed E-state index contributed by atoms with van der Waals surface area (Å²) in [6, 6.07) is 0. The summed E-state index contributed by atoms with van der Waals surface area (Å²) in [5.41, 5.74) is 7.93. The summed E-state index contributed by atoms with van der Waals surface area (Å²) in [5, 5.41) is 3.25. The minimum atomic E-state index is -4.40. The average Bonchev–Trinajstić information content (AvgIpc) is 2.19.